The maximum Gasteiger partial charge on any atom is 0.246 e. The summed E-state index contributed by atoms with van der Waals surface area (Å²) in [5.41, 5.74) is 6.42. The molecule has 1 aliphatic rings. The van der Waals surface area contributed by atoms with Gasteiger partial charge in [0, 0.05) is 6.54 Å². The molecule has 1 unspecified atom stereocenters. The summed E-state index contributed by atoms with van der Waals surface area (Å²) in [5, 5.41) is 5.21. The zero-order valence-electron chi connectivity index (χ0n) is 14.9. The van der Waals surface area contributed by atoms with Crippen LogP contribution in [0.25, 0.3) is 11.0 Å². The fourth-order valence-electron chi connectivity index (χ4n) is 3.02. The van der Waals surface area contributed by atoms with Gasteiger partial charge >= 0.3 is 0 Å². The number of piperidine rings is 1. The van der Waals surface area contributed by atoms with E-state index in [1.807, 2.05) is 20.8 Å². The number of carbonyl (C=O) groups is 1. The topological polar surface area (TPSA) is 99.2 Å². The van der Waals surface area contributed by atoms with E-state index in [4.69, 9.17) is 10.5 Å². The number of anilines is 1. The molecule has 0 spiro atoms. The number of hydrogen-bond acceptors (Lipinski definition) is 6. The molecular weight excluding hydrogens is 320 g/mol. The van der Waals surface area contributed by atoms with Gasteiger partial charge in [0.05, 0.1) is 12.1 Å². The van der Waals surface area contributed by atoms with E-state index in [0.29, 0.717) is 35.8 Å². The Morgan fingerprint density at radius 2 is 2.20 bits per heavy atom. The molecule has 1 atom stereocenters. The third kappa shape index (κ3) is 3.29. The number of hydrogen-bond donors (Lipinski definition) is 1. The average molecular weight is 344 g/mol. The fraction of sp³-hybridized carbons (Fsp3) is 0.529. The van der Waals surface area contributed by atoms with Crippen molar-refractivity contribution in [3.8, 4) is 5.88 Å². The van der Waals surface area contributed by atoms with E-state index < -0.39 is 0 Å². The molecule has 0 aliphatic carbocycles. The number of nitrogens with zero attached hydrogens (tertiary/aromatic N) is 5. The van der Waals surface area contributed by atoms with E-state index in [1.54, 1.807) is 9.58 Å². The summed E-state index contributed by atoms with van der Waals surface area (Å²) in [5.74, 6) is 0.674. The maximum absolute atomic E-state index is 11.9. The minimum absolute atomic E-state index is 0.0822. The number of likely N-dealkylation sites (tertiary alicyclic amines) is 1. The number of nitrogens with two attached hydrogens (primary N) is 1. The molecule has 8 heteroatoms. The van der Waals surface area contributed by atoms with Gasteiger partial charge in [-0.3, -0.25) is 4.79 Å². The van der Waals surface area contributed by atoms with Gasteiger partial charge in [0.2, 0.25) is 11.8 Å². The first-order valence-electron chi connectivity index (χ1n) is 8.39. The van der Waals surface area contributed by atoms with Crippen molar-refractivity contribution < 1.29 is 9.53 Å². The van der Waals surface area contributed by atoms with Crippen LogP contribution in [0.5, 0.6) is 5.88 Å². The molecule has 3 rings (SSSR count). The number of amides is 1. The van der Waals surface area contributed by atoms with Gasteiger partial charge in [0.15, 0.2) is 5.65 Å². The first-order valence-corrected chi connectivity index (χ1v) is 8.39. The Balaban J connectivity index is 1.94. The van der Waals surface area contributed by atoms with Gasteiger partial charge in [0.25, 0.3) is 0 Å². The largest absolute Gasteiger partial charge is 0.471 e. The molecule has 0 bridgehead atoms. The molecule has 1 fully saturated rings. The number of rotatable bonds is 3. The van der Waals surface area contributed by atoms with Crippen LogP contribution in [0.3, 0.4) is 0 Å². The molecule has 0 aromatic carbocycles. The highest BCUT2D eigenvalue weighted by atomic mass is 16.5. The summed E-state index contributed by atoms with van der Waals surface area (Å²) in [7, 11) is 0. The number of ether oxygens (including phenoxy) is 1. The molecule has 2 aromatic rings. The summed E-state index contributed by atoms with van der Waals surface area (Å²) in [6.07, 6.45) is 4.32. The van der Waals surface area contributed by atoms with Gasteiger partial charge in [-0.25, -0.2) is 14.6 Å². The molecule has 2 aromatic heterocycles. The molecule has 0 radical (unpaired) electrons. The van der Waals surface area contributed by atoms with E-state index in [1.165, 1.54) is 12.4 Å². The van der Waals surface area contributed by atoms with E-state index in [0.717, 1.165) is 12.8 Å². The first kappa shape index (κ1) is 17.2. The van der Waals surface area contributed by atoms with Crippen LogP contribution in [0.1, 0.15) is 33.6 Å². The van der Waals surface area contributed by atoms with Gasteiger partial charge in [-0.05, 0) is 39.7 Å². The Labute approximate surface area is 146 Å². The predicted molar refractivity (Wildman–Crippen MR) is 95.2 cm³/mol. The minimum Gasteiger partial charge on any atom is -0.471 e. The molecule has 2 N–H and O–H groups in total. The van der Waals surface area contributed by atoms with E-state index in [-0.39, 0.29) is 17.6 Å². The predicted octanol–water partition coefficient (Wildman–Crippen LogP) is 1.72. The molecule has 1 amide bonds. The van der Waals surface area contributed by atoms with E-state index in [9.17, 15) is 4.79 Å². The van der Waals surface area contributed by atoms with Crippen molar-refractivity contribution in [2.75, 3.05) is 18.8 Å². The quantitative estimate of drug-likeness (QED) is 0.851. The molecule has 0 saturated carbocycles. The summed E-state index contributed by atoms with van der Waals surface area (Å²) in [6.45, 7) is 10.9. The number of aromatic nitrogens is 4. The van der Waals surface area contributed by atoms with Gasteiger partial charge in [-0.1, -0.05) is 6.58 Å². The van der Waals surface area contributed by atoms with Crippen molar-refractivity contribution in [3.63, 3.8) is 0 Å². The van der Waals surface area contributed by atoms with Crippen LogP contribution in [-0.4, -0.2) is 49.7 Å². The molecule has 1 saturated heterocycles. The van der Waals surface area contributed by atoms with Gasteiger partial charge < -0.3 is 15.4 Å². The van der Waals surface area contributed by atoms with Gasteiger partial charge in [0.1, 0.15) is 23.6 Å². The second kappa shape index (κ2) is 6.34. The zero-order valence-corrected chi connectivity index (χ0v) is 14.9. The highest BCUT2D eigenvalue weighted by Crippen LogP contribution is 2.32. The Hall–Kier alpha value is -2.64. The van der Waals surface area contributed by atoms with E-state index in [2.05, 4.69) is 21.6 Å². The maximum atomic E-state index is 11.9. The van der Waals surface area contributed by atoms with Crippen molar-refractivity contribution >= 4 is 22.8 Å². The molecule has 25 heavy (non-hydrogen) atoms. The SMILES string of the molecule is C=CC(=O)N1CCCC(Oc2nn(C(C)(C)C)c3ncnc(N)c23)C1. The van der Waals surface area contributed by atoms with Crippen molar-refractivity contribution in [3.05, 3.63) is 19.0 Å². The van der Waals surface area contributed by atoms with Crippen LogP contribution >= 0.6 is 0 Å². The Bertz CT molecular complexity index is 807. The smallest absolute Gasteiger partial charge is 0.246 e. The highest BCUT2D eigenvalue weighted by Gasteiger charge is 2.28. The summed E-state index contributed by atoms with van der Waals surface area (Å²) in [6, 6.07) is 0. The molecule has 1 aliphatic heterocycles. The summed E-state index contributed by atoms with van der Waals surface area (Å²) in [4.78, 5) is 22.0. The lowest BCUT2D eigenvalue weighted by Gasteiger charge is -2.31. The van der Waals surface area contributed by atoms with Crippen molar-refractivity contribution in [2.24, 2.45) is 0 Å². The molecule has 8 nitrogen and oxygen atoms in total. The molecule has 3 heterocycles. The Morgan fingerprint density at radius 3 is 2.88 bits per heavy atom. The second-order valence-corrected chi connectivity index (χ2v) is 7.22. The normalized spacial score (nSPS) is 18.4. The number of nitrogen functional groups attached to an aromatic ring is 1. The zero-order chi connectivity index (χ0) is 18.2. The Morgan fingerprint density at radius 1 is 1.44 bits per heavy atom. The van der Waals surface area contributed by atoms with Crippen molar-refractivity contribution in [1.29, 1.82) is 0 Å². The molecule has 134 valence electrons. The lowest BCUT2D eigenvalue weighted by Crippen LogP contribution is -2.43. The number of carbonyl (C=O) groups excluding carboxylic acids is 1. The Kier molecular flexibility index (Phi) is 4.36. The first-order chi connectivity index (χ1) is 11.8. The molecular formula is C17H24N6O2. The summed E-state index contributed by atoms with van der Waals surface area (Å²) < 4.78 is 7.93. The van der Waals surface area contributed by atoms with Crippen LogP contribution in [0.4, 0.5) is 5.82 Å². The highest BCUT2D eigenvalue weighted by molar-refractivity contribution is 5.90. The fourth-order valence-corrected chi connectivity index (χ4v) is 3.02. The van der Waals surface area contributed by atoms with Crippen LogP contribution < -0.4 is 10.5 Å². The van der Waals surface area contributed by atoms with Crippen LogP contribution in [0.2, 0.25) is 0 Å². The second-order valence-electron chi connectivity index (χ2n) is 7.22. The monoisotopic (exact) mass is 344 g/mol. The third-order valence-corrected chi connectivity index (χ3v) is 4.24. The third-order valence-electron chi connectivity index (χ3n) is 4.24. The number of fused-ring (bicyclic) bond motifs is 1. The van der Waals surface area contributed by atoms with Gasteiger partial charge in [-0.2, -0.15) is 0 Å². The van der Waals surface area contributed by atoms with Crippen LogP contribution in [0, 0.1) is 0 Å². The van der Waals surface area contributed by atoms with Gasteiger partial charge in [-0.15, -0.1) is 5.10 Å². The minimum atomic E-state index is -0.280. The van der Waals surface area contributed by atoms with Crippen molar-refractivity contribution in [1.82, 2.24) is 24.6 Å². The lowest BCUT2D eigenvalue weighted by atomic mass is 10.1. The van der Waals surface area contributed by atoms with Crippen LogP contribution in [-0.2, 0) is 10.3 Å². The van der Waals surface area contributed by atoms with Crippen molar-refractivity contribution in [2.45, 2.75) is 45.3 Å². The standard InChI is InChI=1S/C17H24N6O2/c1-5-12(24)22-8-6-7-11(9-22)25-16-13-14(18)19-10-20-15(13)23(21-16)17(2,3)4/h5,10-11H,1,6-9H2,2-4H3,(H2,18,19,20). The summed E-state index contributed by atoms with van der Waals surface area (Å²) >= 11 is 0. The van der Waals surface area contributed by atoms with Crippen LogP contribution in [0.15, 0.2) is 19.0 Å². The van der Waals surface area contributed by atoms with E-state index >= 15 is 0 Å². The lowest BCUT2D eigenvalue weighted by molar-refractivity contribution is -0.128. The average Bonchev–Trinajstić information content (AvgIpc) is 2.94.